The van der Waals surface area contributed by atoms with Gasteiger partial charge in [0.15, 0.2) is 0 Å². The van der Waals surface area contributed by atoms with Crippen LogP contribution in [0.4, 0.5) is 5.69 Å². The van der Waals surface area contributed by atoms with Gasteiger partial charge in [-0.05, 0) is 42.8 Å². The van der Waals surface area contributed by atoms with Crippen LogP contribution in [0.15, 0.2) is 90.0 Å². The van der Waals surface area contributed by atoms with E-state index in [1.54, 1.807) is 7.11 Å². The number of thioether (sulfide) groups is 1. The molecule has 0 fully saturated rings. The number of ether oxygens (including phenoxy) is 1. The Morgan fingerprint density at radius 1 is 1.00 bits per heavy atom. The maximum atomic E-state index is 12.5. The molecule has 1 amide bonds. The lowest BCUT2D eigenvalue weighted by molar-refractivity contribution is -0.115. The van der Waals surface area contributed by atoms with Gasteiger partial charge in [0.2, 0.25) is 5.91 Å². The van der Waals surface area contributed by atoms with Crippen LogP contribution >= 0.6 is 11.8 Å². The zero-order chi connectivity index (χ0) is 24.6. The number of anilines is 1. The van der Waals surface area contributed by atoms with Crippen LogP contribution in [-0.2, 0) is 4.79 Å². The van der Waals surface area contributed by atoms with Crippen LogP contribution in [0, 0.1) is 18.3 Å². The molecule has 0 saturated heterocycles. The average Bonchev–Trinajstić information content (AvgIpc) is 2.90. The third kappa shape index (κ3) is 6.08. The Balaban J connectivity index is 1.60. The number of amides is 1. The van der Waals surface area contributed by atoms with E-state index < -0.39 is 0 Å². The molecule has 0 bridgehead atoms. The summed E-state index contributed by atoms with van der Waals surface area (Å²) in [6.07, 6.45) is 0.304. The fourth-order valence-corrected chi connectivity index (χ4v) is 4.53. The van der Waals surface area contributed by atoms with Crippen LogP contribution in [0.3, 0.4) is 0 Å². The molecule has 4 aromatic rings. The maximum Gasteiger partial charge on any atom is 0.225 e. The fraction of sp³-hybridized carbons (Fsp3) is 0.138. The Bertz CT molecular complexity index is 1350. The highest BCUT2D eigenvalue weighted by Gasteiger charge is 2.16. The summed E-state index contributed by atoms with van der Waals surface area (Å²) in [4.78, 5) is 17.3. The summed E-state index contributed by atoms with van der Waals surface area (Å²) in [6, 6.07) is 29.5. The van der Waals surface area contributed by atoms with E-state index in [1.165, 1.54) is 11.8 Å². The van der Waals surface area contributed by atoms with Gasteiger partial charge in [-0.2, -0.15) is 5.26 Å². The summed E-state index contributed by atoms with van der Waals surface area (Å²) in [5.74, 6) is 1.17. The van der Waals surface area contributed by atoms with Crippen molar-refractivity contribution in [3.05, 3.63) is 96.1 Å². The van der Waals surface area contributed by atoms with Crippen molar-refractivity contribution >= 4 is 23.4 Å². The summed E-state index contributed by atoms with van der Waals surface area (Å²) in [5.41, 5.74) is 5.86. The number of benzene rings is 3. The lowest BCUT2D eigenvalue weighted by Gasteiger charge is -2.13. The highest BCUT2D eigenvalue weighted by atomic mass is 32.2. The molecule has 35 heavy (non-hydrogen) atoms. The molecule has 3 aromatic carbocycles. The Kier molecular flexibility index (Phi) is 7.81. The summed E-state index contributed by atoms with van der Waals surface area (Å²) in [7, 11) is 1.62. The van der Waals surface area contributed by atoms with Gasteiger partial charge in [-0.15, -0.1) is 11.8 Å². The molecule has 0 saturated carbocycles. The largest absolute Gasteiger partial charge is 0.497 e. The molecule has 174 valence electrons. The van der Waals surface area contributed by atoms with Gasteiger partial charge in [0, 0.05) is 29.0 Å². The number of carbonyl (C=O) groups excluding carboxylic acids is 1. The number of nitrogens with one attached hydrogen (secondary N) is 1. The molecule has 1 N–H and O–H groups in total. The second kappa shape index (κ2) is 11.4. The molecular weight excluding hydrogens is 454 g/mol. The highest BCUT2D eigenvalue weighted by molar-refractivity contribution is 7.99. The van der Waals surface area contributed by atoms with Crippen molar-refractivity contribution in [1.82, 2.24) is 4.98 Å². The van der Waals surface area contributed by atoms with E-state index in [2.05, 4.69) is 11.4 Å². The van der Waals surface area contributed by atoms with Crippen molar-refractivity contribution in [2.45, 2.75) is 18.4 Å². The van der Waals surface area contributed by atoms with Gasteiger partial charge in [-0.1, -0.05) is 60.2 Å². The van der Waals surface area contributed by atoms with Crippen LogP contribution in [0.5, 0.6) is 5.75 Å². The SMILES string of the molecule is COc1ccc(-c2cc(-c3ccccc3)nc(SCCC(=O)Nc3ccc(C)cc3)c2C#N)cc1. The van der Waals surface area contributed by atoms with Crippen LogP contribution in [0.25, 0.3) is 22.4 Å². The summed E-state index contributed by atoms with van der Waals surface area (Å²) in [6.45, 7) is 2.01. The minimum atomic E-state index is -0.0746. The van der Waals surface area contributed by atoms with Gasteiger partial charge >= 0.3 is 0 Å². The smallest absolute Gasteiger partial charge is 0.225 e. The predicted molar refractivity (Wildman–Crippen MR) is 142 cm³/mol. The molecule has 0 radical (unpaired) electrons. The lowest BCUT2D eigenvalue weighted by Crippen LogP contribution is -2.12. The van der Waals surface area contributed by atoms with Gasteiger partial charge in [0.1, 0.15) is 16.8 Å². The first-order chi connectivity index (χ1) is 17.1. The Morgan fingerprint density at radius 2 is 1.71 bits per heavy atom. The highest BCUT2D eigenvalue weighted by Crippen LogP contribution is 2.35. The predicted octanol–water partition coefficient (Wildman–Crippen LogP) is 6.73. The van der Waals surface area contributed by atoms with E-state index >= 15 is 0 Å². The molecule has 1 heterocycles. The maximum absolute atomic E-state index is 12.5. The van der Waals surface area contributed by atoms with E-state index in [0.717, 1.165) is 39.4 Å². The number of aryl methyl sites for hydroxylation is 1. The van der Waals surface area contributed by atoms with E-state index in [-0.39, 0.29) is 5.91 Å². The first-order valence-corrected chi connectivity index (χ1v) is 12.2. The van der Waals surface area contributed by atoms with E-state index in [0.29, 0.717) is 22.8 Å². The van der Waals surface area contributed by atoms with Gasteiger partial charge in [0.25, 0.3) is 0 Å². The Morgan fingerprint density at radius 3 is 2.37 bits per heavy atom. The summed E-state index contributed by atoms with van der Waals surface area (Å²) in [5, 5.41) is 13.6. The van der Waals surface area contributed by atoms with Crippen molar-refractivity contribution in [2.24, 2.45) is 0 Å². The van der Waals surface area contributed by atoms with Gasteiger partial charge < -0.3 is 10.1 Å². The third-order valence-corrected chi connectivity index (χ3v) is 6.45. The number of hydrogen-bond donors (Lipinski definition) is 1. The van der Waals surface area contributed by atoms with Crippen molar-refractivity contribution in [3.63, 3.8) is 0 Å². The Labute approximate surface area is 209 Å². The van der Waals surface area contributed by atoms with Crippen LogP contribution in [-0.4, -0.2) is 23.8 Å². The molecule has 5 nitrogen and oxygen atoms in total. The molecule has 6 heteroatoms. The van der Waals surface area contributed by atoms with E-state index in [1.807, 2.05) is 91.9 Å². The quantitative estimate of drug-likeness (QED) is 0.284. The number of aromatic nitrogens is 1. The van der Waals surface area contributed by atoms with Crippen molar-refractivity contribution in [2.75, 3.05) is 18.2 Å². The zero-order valence-electron chi connectivity index (χ0n) is 19.6. The second-order valence-electron chi connectivity index (χ2n) is 7.95. The second-order valence-corrected chi connectivity index (χ2v) is 9.04. The molecule has 0 aliphatic rings. The fourth-order valence-electron chi connectivity index (χ4n) is 3.59. The molecule has 0 spiro atoms. The first kappa shape index (κ1) is 24.1. The van der Waals surface area contributed by atoms with Gasteiger partial charge in [-0.25, -0.2) is 4.98 Å². The summed E-state index contributed by atoms with van der Waals surface area (Å²) < 4.78 is 5.28. The van der Waals surface area contributed by atoms with E-state index in [4.69, 9.17) is 9.72 Å². The Hall–Kier alpha value is -4.08. The zero-order valence-corrected chi connectivity index (χ0v) is 20.4. The average molecular weight is 480 g/mol. The van der Waals surface area contributed by atoms with Gasteiger partial charge in [-0.3, -0.25) is 4.79 Å². The van der Waals surface area contributed by atoms with Crippen molar-refractivity contribution in [1.29, 1.82) is 5.26 Å². The van der Waals surface area contributed by atoms with Crippen molar-refractivity contribution in [3.8, 4) is 34.2 Å². The molecule has 0 unspecified atom stereocenters. The van der Waals surface area contributed by atoms with Crippen molar-refractivity contribution < 1.29 is 9.53 Å². The molecule has 0 aliphatic heterocycles. The third-order valence-electron chi connectivity index (χ3n) is 5.47. The number of nitrogens with zero attached hydrogens (tertiary/aromatic N) is 2. The molecular formula is C29H25N3O2S. The molecule has 4 rings (SSSR count). The molecule has 0 atom stereocenters. The standard InChI is InChI=1S/C29H25N3O2S/c1-20-8-12-23(13-9-20)31-28(33)16-17-35-29-26(19-30)25(21-10-14-24(34-2)15-11-21)18-27(32-29)22-6-4-3-5-7-22/h3-15,18H,16-17H2,1-2H3,(H,31,33). The number of nitriles is 1. The molecule has 1 aromatic heterocycles. The minimum Gasteiger partial charge on any atom is -0.497 e. The van der Waals surface area contributed by atoms with E-state index in [9.17, 15) is 10.1 Å². The lowest BCUT2D eigenvalue weighted by atomic mass is 9.99. The number of pyridine rings is 1. The monoisotopic (exact) mass is 479 g/mol. The molecule has 0 aliphatic carbocycles. The number of rotatable bonds is 8. The first-order valence-electron chi connectivity index (χ1n) is 11.2. The number of carbonyl (C=O) groups is 1. The number of hydrogen-bond acceptors (Lipinski definition) is 5. The summed E-state index contributed by atoms with van der Waals surface area (Å²) >= 11 is 1.42. The van der Waals surface area contributed by atoms with Crippen LogP contribution in [0.2, 0.25) is 0 Å². The van der Waals surface area contributed by atoms with Gasteiger partial charge in [0.05, 0.1) is 18.4 Å². The van der Waals surface area contributed by atoms with Crippen LogP contribution < -0.4 is 10.1 Å². The van der Waals surface area contributed by atoms with Crippen LogP contribution in [0.1, 0.15) is 17.5 Å². The number of methoxy groups -OCH3 is 1. The minimum absolute atomic E-state index is 0.0746. The topological polar surface area (TPSA) is 75.0 Å². The normalized spacial score (nSPS) is 10.4.